The van der Waals surface area contributed by atoms with Gasteiger partial charge in [-0.25, -0.2) is 0 Å². The fourth-order valence-corrected chi connectivity index (χ4v) is 3.19. The first kappa shape index (κ1) is 15.2. The minimum Gasteiger partial charge on any atom is -0.469 e. The fraction of sp³-hybridized carbons (Fsp3) is 0.267. The molecule has 0 unspecified atom stereocenters. The van der Waals surface area contributed by atoms with Crippen molar-refractivity contribution in [2.75, 3.05) is 7.11 Å². The minimum absolute atomic E-state index is 0.195. The highest BCUT2D eigenvalue weighted by Crippen LogP contribution is 2.18. The van der Waals surface area contributed by atoms with Crippen LogP contribution < -0.4 is 5.32 Å². The minimum atomic E-state index is -0.195. The monoisotopic (exact) mass is 353 g/mol. The largest absolute Gasteiger partial charge is 0.469 e. The molecular weight excluding hydrogens is 338 g/mol. The van der Waals surface area contributed by atoms with Crippen LogP contribution in [0.3, 0.4) is 0 Å². The third-order valence-corrected chi connectivity index (χ3v) is 4.69. The molecule has 1 aromatic carbocycles. The van der Waals surface area contributed by atoms with Crippen LogP contribution in [0.5, 0.6) is 0 Å². The van der Waals surface area contributed by atoms with Gasteiger partial charge >= 0.3 is 5.97 Å². The Bertz CT molecular complexity index is 583. The summed E-state index contributed by atoms with van der Waals surface area (Å²) in [5.74, 6) is -0.195. The lowest BCUT2D eigenvalue weighted by Gasteiger charge is -2.05. The summed E-state index contributed by atoms with van der Waals surface area (Å²) in [6.07, 6.45) is 0.353. The molecule has 3 nitrogen and oxygen atoms in total. The molecule has 2 aromatic rings. The Labute approximate surface area is 131 Å². The van der Waals surface area contributed by atoms with Crippen molar-refractivity contribution < 1.29 is 9.53 Å². The van der Waals surface area contributed by atoms with E-state index in [9.17, 15) is 4.79 Å². The van der Waals surface area contributed by atoms with Crippen LogP contribution in [-0.2, 0) is 29.0 Å². The highest BCUT2D eigenvalue weighted by Gasteiger charge is 2.06. The van der Waals surface area contributed by atoms with Crippen molar-refractivity contribution in [1.29, 1.82) is 0 Å². The maximum Gasteiger partial charge on any atom is 0.310 e. The lowest BCUT2D eigenvalue weighted by atomic mass is 10.2. The molecule has 1 heterocycles. The third kappa shape index (κ3) is 4.44. The molecule has 2 rings (SSSR count). The molecule has 5 heteroatoms. The van der Waals surface area contributed by atoms with E-state index in [0.717, 1.165) is 22.4 Å². The van der Waals surface area contributed by atoms with E-state index in [1.165, 1.54) is 17.6 Å². The summed E-state index contributed by atoms with van der Waals surface area (Å²) in [6, 6.07) is 12.2. The molecule has 0 aliphatic carbocycles. The third-order valence-electron chi connectivity index (χ3n) is 2.84. The van der Waals surface area contributed by atoms with E-state index in [1.807, 2.05) is 24.3 Å². The quantitative estimate of drug-likeness (QED) is 0.807. The molecule has 0 aliphatic rings. The Kier molecular flexibility index (Phi) is 5.76. The van der Waals surface area contributed by atoms with Gasteiger partial charge in [0.1, 0.15) is 0 Å². The maximum atomic E-state index is 11.2. The van der Waals surface area contributed by atoms with E-state index >= 15 is 0 Å². The SMILES string of the molecule is COC(=O)Cc1ccc(CNCc2ccccc2Br)s1. The normalized spacial score (nSPS) is 10.5. The lowest BCUT2D eigenvalue weighted by molar-refractivity contribution is -0.139. The Balaban J connectivity index is 1.83. The van der Waals surface area contributed by atoms with E-state index in [2.05, 4.69) is 38.1 Å². The van der Waals surface area contributed by atoms with Crippen molar-refractivity contribution in [3.05, 3.63) is 56.2 Å². The molecule has 0 aliphatic heterocycles. The first-order valence-corrected chi connectivity index (χ1v) is 7.88. The summed E-state index contributed by atoms with van der Waals surface area (Å²) in [5.41, 5.74) is 1.24. The number of hydrogen-bond acceptors (Lipinski definition) is 4. The number of methoxy groups -OCH3 is 1. The van der Waals surface area contributed by atoms with E-state index < -0.39 is 0 Å². The predicted octanol–water partition coefficient (Wildman–Crippen LogP) is 3.52. The van der Waals surface area contributed by atoms with Crippen molar-refractivity contribution >= 4 is 33.2 Å². The maximum absolute atomic E-state index is 11.2. The summed E-state index contributed by atoms with van der Waals surface area (Å²) >= 11 is 5.17. The topological polar surface area (TPSA) is 38.3 Å². The van der Waals surface area contributed by atoms with Crippen LogP contribution in [0.1, 0.15) is 15.3 Å². The van der Waals surface area contributed by atoms with Gasteiger partial charge in [-0.05, 0) is 23.8 Å². The molecular formula is C15H16BrNO2S. The van der Waals surface area contributed by atoms with Crippen molar-refractivity contribution in [2.45, 2.75) is 19.5 Å². The van der Waals surface area contributed by atoms with Gasteiger partial charge in [-0.3, -0.25) is 4.79 Å². The second-order valence-electron chi connectivity index (χ2n) is 4.32. The molecule has 0 saturated heterocycles. The van der Waals surface area contributed by atoms with Gasteiger partial charge in [0, 0.05) is 27.3 Å². The first-order chi connectivity index (χ1) is 9.69. The number of rotatable bonds is 6. The second kappa shape index (κ2) is 7.57. The number of thiophene rings is 1. The molecule has 20 heavy (non-hydrogen) atoms. The number of carbonyl (C=O) groups is 1. The number of ether oxygens (including phenoxy) is 1. The number of benzene rings is 1. The Morgan fingerprint density at radius 3 is 2.70 bits per heavy atom. The number of halogens is 1. The van der Waals surface area contributed by atoms with Gasteiger partial charge < -0.3 is 10.1 Å². The Morgan fingerprint density at radius 2 is 1.95 bits per heavy atom. The molecule has 106 valence electrons. The number of hydrogen-bond donors (Lipinski definition) is 1. The molecule has 1 N–H and O–H groups in total. The summed E-state index contributed by atoms with van der Waals surface area (Å²) < 4.78 is 5.78. The zero-order valence-electron chi connectivity index (χ0n) is 11.2. The number of nitrogens with one attached hydrogen (secondary N) is 1. The Morgan fingerprint density at radius 1 is 1.20 bits per heavy atom. The van der Waals surface area contributed by atoms with Crippen LogP contribution in [0, 0.1) is 0 Å². The van der Waals surface area contributed by atoms with Gasteiger partial charge in [0.2, 0.25) is 0 Å². The zero-order chi connectivity index (χ0) is 14.4. The Hall–Kier alpha value is -1.17. The van der Waals surface area contributed by atoms with Gasteiger partial charge in [-0.15, -0.1) is 11.3 Å². The van der Waals surface area contributed by atoms with E-state index in [0.29, 0.717) is 6.42 Å². The van der Waals surface area contributed by atoms with Crippen molar-refractivity contribution in [1.82, 2.24) is 5.32 Å². The van der Waals surface area contributed by atoms with E-state index in [1.54, 1.807) is 11.3 Å². The smallest absolute Gasteiger partial charge is 0.310 e. The average Bonchev–Trinajstić information content (AvgIpc) is 2.88. The fourth-order valence-electron chi connectivity index (χ4n) is 1.79. The zero-order valence-corrected chi connectivity index (χ0v) is 13.6. The van der Waals surface area contributed by atoms with E-state index in [4.69, 9.17) is 0 Å². The van der Waals surface area contributed by atoms with Gasteiger partial charge in [0.15, 0.2) is 0 Å². The molecule has 0 saturated carbocycles. The second-order valence-corrected chi connectivity index (χ2v) is 6.42. The average molecular weight is 354 g/mol. The highest BCUT2D eigenvalue weighted by molar-refractivity contribution is 9.10. The van der Waals surface area contributed by atoms with Gasteiger partial charge in [-0.2, -0.15) is 0 Å². The van der Waals surface area contributed by atoms with Gasteiger partial charge in [-0.1, -0.05) is 34.1 Å². The molecule has 0 radical (unpaired) electrons. The van der Waals surface area contributed by atoms with Crippen LogP contribution in [0.25, 0.3) is 0 Å². The summed E-state index contributed by atoms with van der Waals surface area (Å²) in [4.78, 5) is 13.4. The lowest BCUT2D eigenvalue weighted by Crippen LogP contribution is -2.12. The number of carbonyl (C=O) groups excluding carboxylic acids is 1. The molecule has 0 amide bonds. The van der Waals surface area contributed by atoms with Crippen LogP contribution in [-0.4, -0.2) is 13.1 Å². The van der Waals surface area contributed by atoms with Gasteiger partial charge in [0.05, 0.1) is 13.5 Å². The number of esters is 1. The van der Waals surface area contributed by atoms with Crippen molar-refractivity contribution in [3.8, 4) is 0 Å². The standard InChI is InChI=1S/C15H16BrNO2S/c1-19-15(18)8-12-6-7-13(20-12)10-17-9-11-4-2-3-5-14(11)16/h2-7,17H,8-10H2,1H3. The summed E-state index contributed by atoms with van der Waals surface area (Å²) in [6.45, 7) is 1.61. The van der Waals surface area contributed by atoms with Crippen molar-refractivity contribution in [2.24, 2.45) is 0 Å². The van der Waals surface area contributed by atoms with Crippen LogP contribution in [0.4, 0.5) is 0 Å². The predicted molar refractivity (Wildman–Crippen MR) is 84.7 cm³/mol. The molecule has 0 fully saturated rings. The summed E-state index contributed by atoms with van der Waals surface area (Å²) in [5, 5.41) is 3.40. The van der Waals surface area contributed by atoms with Gasteiger partial charge in [0.25, 0.3) is 0 Å². The van der Waals surface area contributed by atoms with Crippen LogP contribution >= 0.6 is 27.3 Å². The first-order valence-electron chi connectivity index (χ1n) is 6.27. The van der Waals surface area contributed by atoms with Crippen LogP contribution in [0.15, 0.2) is 40.9 Å². The molecule has 0 spiro atoms. The highest BCUT2D eigenvalue weighted by atomic mass is 79.9. The van der Waals surface area contributed by atoms with Crippen LogP contribution in [0.2, 0.25) is 0 Å². The van der Waals surface area contributed by atoms with E-state index in [-0.39, 0.29) is 5.97 Å². The summed E-state index contributed by atoms with van der Waals surface area (Å²) in [7, 11) is 1.41. The molecule has 1 aromatic heterocycles. The molecule has 0 bridgehead atoms. The van der Waals surface area contributed by atoms with Crippen molar-refractivity contribution in [3.63, 3.8) is 0 Å². The molecule has 0 atom stereocenters.